The van der Waals surface area contributed by atoms with Gasteiger partial charge in [-0.25, -0.2) is 9.37 Å². The van der Waals surface area contributed by atoms with Gasteiger partial charge in [0.25, 0.3) is 0 Å². The van der Waals surface area contributed by atoms with E-state index in [9.17, 15) is 9.18 Å². The highest BCUT2D eigenvalue weighted by molar-refractivity contribution is 8.00. The molecular weight excluding hydrogens is 379 g/mol. The normalized spacial score (nSPS) is 10.9. The third-order valence-corrected chi connectivity index (χ3v) is 6.04. The van der Waals surface area contributed by atoms with Crippen LogP contribution in [0.1, 0.15) is 0 Å². The van der Waals surface area contributed by atoms with E-state index in [1.807, 2.05) is 48.5 Å². The number of thiazole rings is 1. The Bertz CT molecular complexity index is 1080. The van der Waals surface area contributed by atoms with Crippen LogP contribution in [0.2, 0.25) is 0 Å². The molecule has 134 valence electrons. The molecule has 1 heterocycles. The SMILES string of the molecule is O=C(CSc1ccccc1F)Nc1ccccc1-c1nc2ccccc2s1. The molecule has 0 aliphatic heterocycles. The summed E-state index contributed by atoms with van der Waals surface area (Å²) in [6, 6.07) is 22.0. The quantitative estimate of drug-likeness (QED) is 0.433. The lowest BCUT2D eigenvalue weighted by atomic mass is 10.2. The zero-order chi connectivity index (χ0) is 18.6. The van der Waals surface area contributed by atoms with Crippen molar-refractivity contribution in [1.29, 1.82) is 0 Å². The molecule has 0 fully saturated rings. The first-order chi connectivity index (χ1) is 13.2. The van der Waals surface area contributed by atoms with Crippen LogP contribution in [-0.4, -0.2) is 16.6 Å². The molecule has 3 nitrogen and oxygen atoms in total. The third-order valence-electron chi connectivity index (χ3n) is 3.92. The van der Waals surface area contributed by atoms with Gasteiger partial charge in [0.1, 0.15) is 10.8 Å². The number of rotatable bonds is 5. The van der Waals surface area contributed by atoms with Crippen LogP contribution in [0.5, 0.6) is 0 Å². The van der Waals surface area contributed by atoms with Crippen LogP contribution in [-0.2, 0) is 4.79 Å². The van der Waals surface area contributed by atoms with E-state index in [4.69, 9.17) is 0 Å². The van der Waals surface area contributed by atoms with Crippen molar-refractivity contribution in [2.75, 3.05) is 11.1 Å². The molecule has 0 aliphatic carbocycles. The number of hydrogen-bond acceptors (Lipinski definition) is 4. The average Bonchev–Trinajstić information content (AvgIpc) is 3.12. The van der Waals surface area contributed by atoms with Crippen molar-refractivity contribution < 1.29 is 9.18 Å². The van der Waals surface area contributed by atoms with Crippen molar-refractivity contribution in [3.05, 3.63) is 78.6 Å². The fourth-order valence-corrected chi connectivity index (χ4v) is 4.40. The Morgan fingerprint density at radius 3 is 2.59 bits per heavy atom. The fourth-order valence-electron chi connectivity index (χ4n) is 2.66. The van der Waals surface area contributed by atoms with Gasteiger partial charge in [-0.1, -0.05) is 36.4 Å². The smallest absolute Gasteiger partial charge is 0.234 e. The molecule has 1 aromatic heterocycles. The molecule has 0 unspecified atom stereocenters. The Labute approximate surface area is 164 Å². The first kappa shape index (κ1) is 17.7. The minimum absolute atomic E-state index is 0.134. The highest BCUT2D eigenvalue weighted by Gasteiger charge is 2.13. The van der Waals surface area contributed by atoms with E-state index in [0.717, 1.165) is 20.8 Å². The van der Waals surface area contributed by atoms with Crippen molar-refractivity contribution >= 4 is 44.9 Å². The van der Waals surface area contributed by atoms with Crippen LogP contribution < -0.4 is 5.32 Å². The Balaban J connectivity index is 1.52. The first-order valence-corrected chi connectivity index (χ1v) is 10.1. The molecule has 0 atom stereocenters. The van der Waals surface area contributed by atoms with Gasteiger partial charge in [0, 0.05) is 10.5 Å². The summed E-state index contributed by atoms with van der Waals surface area (Å²) >= 11 is 2.77. The maximum atomic E-state index is 13.7. The van der Waals surface area contributed by atoms with Gasteiger partial charge in [0.05, 0.1) is 21.7 Å². The number of fused-ring (bicyclic) bond motifs is 1. The summed E-state index contributed by atoms with van der Waals surface area (Å²) in [5.74, 6) is -0.364. The van der Waals surface area contributed by atoms with E-state index in [1.165, 1.54) is 17.8 Å². The highest BCUT2D eigenvalue weighted by Crippen LogP contribution is 2.34. The zero-order valence-corrected chi connectivity index (χ0v) is 15.8. The summed E-state index contributed by atoms with van der Waals surface area (Å²) in [7, 11) is 0. The number of carbonyl (C=O) groups is 1. The lowest BCUT2D eigenvalue weighted by Crippen LogP contribution is -2.14. The van der Waals surface area contributed by atoms with Gasteiger partial charge in [-0.05, 0) is 36.4 Å². The highest BCUT2D eigenvalue weighted by atomic mass is 32.2. The Morgan fingerprint density at radius 2 is 1.74 bits per heavy atom. The topological polar surface area (TPSA) is 42.0 Å². The van der Waals surface area contributed by atoms with E-state index in [0.29, 0.717) is 10.6 Å². The fraction of sp³-hybridized carbons (Fsp3) is 0.0476. The van der Waals surface area contributed by atoms with E-state index < -0.39 is 0 Å². The number of hydrogen-bond donors (Lipinski definition) is 1. The van der Waals surface area contributed by atoms with Gasteiger partial charge in [-0.3, -0.25) is 4.79 Å². The summed E-state index contributed by atoms with van der Waals surface area (Å²) in [6.45, 7) is 0. The monoisotopic (exact) mass is 394 g/mol. The van der Waals surface area contributed by atoms with E-state index in [-0.39, 0.29) is 17.5 Å². The molecule has 0 spiro atoms. The average molecular weight is 394 g/mol. The molecule has 0 bridgehead atoms. The molecule has 27 heavy (non-hydrogen) atoms. The van der Waals surface area contributed by atoms with Crippen molar-refractivity contribution in [1.82, 2.24) is 4.98 Å². The second-order valence-corrected chi connectivity index (χ2v) is 7.85. The Kier molecular flexibility index (Phi) is 5.18. The van der Waals surface area contributed by atoms with Crippen molar-refractivity contribution in [3.8, 4) is 10.6 Å². The summed E-state index contributed by atoms with van der Waals surface area (Å²) in [5.41, 5.74) is 2.52. The molecule has 0 saturated carbocycles. The molecule has 0 saturated heterocycles. The molecule has 3 aromatic carbocycles. The molecule has 4 rings (SSSR count). The van der Waals surface area contributed by atoms with Crippen molar-refractivity contribution in [3.63, 3.8) is 0 Å². The molecule has 0 radical (unpaired) electrons. The molecular formula is C21H15FN2OS2. The van der Waals surface area contributed by atoms with Crippen LogP contribution in [0.4, 0.5) is 10.1 Å². The number of halogens is 1. The summed E-state index contributed by atoms with van der Waals surface area (Å²) < 4.78 is 14.8. The Morgan fingerprint density at radius 1 is 1.00 bits per heavy atom. The van der Waals surface area contributed by atoms with Crippen LogP contribution in [0.25, 0.3) is 20.8 Å². The molecule has 1 amide bonds. The second kappa shape index (κ2) is 7.90. The maximum Gasteiger partial charge on any atom is 0.234 e. The van der Waals surface area contributed by atoms with Gasteiger partial charge in [0.15, 0.2) is 0 Å². The van der Waals surface area contributed by atoms with E-state index in [2.05, 4.69) is 10.3 Å². The van der Waals surface area contributed by atoms with Crippen molar-refractivity contribution in [2.24, 2.45) is 0 Å². The number of nitrogens with one attached hydrogen (secondary N) is 1. The molecule has 1 N–H and O–H groups in total. The standard InChI is InChI=1S/C21H15FN2OS2/c22-15-8-2-5-11-18(15)26-13-20(25)23-16-9-3-1-7-14(16)21-24-17-10-4-6-12-19(17)27-21/h1-12H,13H2,(H,23,25). The number of amides is 1. The van der Waals surface area contributed by atoms with Gasteiger partial charge >= 0.3 is 0 Å². The third kappa shape index (κ3) is 4.02. The lowest BCUT2D eigenvalue weighted by Gasteiger charge is -2.09. The van der Waals surface area contributed by atoms with Crippen LogP contribution in [0, 0.1) is 5.82 Å². The van der Waals surface area contributed by atoms with E-state index in [1.54, 1.807) is 29.5 Å². The number of para-hydroxylation sites is 2. The van der Waals surface area contributed by atoms with Gasteiger partial charge in [0.2, 0.25) is 5.91 Å². The lowest BCUT2D eigenvalue weighted by molar-refractivity contribution is -0.113. The minimum atomic E-state index is -0.315. The van der Waals surface area contributed by atoms with Gasteiger partial charge in [-0.15, -0.1) is 23.1 Å². The van der Waals surface area contributed by atoms with Gasteiger partial charge < -0.3 is 5.32 Å². The zero-order valence-electron chi connectivity index (χ0n) is 14.2. The number of nitrogens with zero attached hydrogens (tertiary/aromatic N) is 1. The largest absolute Gasteiger partial charge is 0.325 e. The van der Waals surface area contributed by atoms with Crippen molar-refractivity contribution in [2.45, 2.75) is 4.90 Å². The minimum Gasteiger partial charge on any atom is -0.325 e. The maximum absolute atomic E-state index is 13.7. The Hall–Kier alpha value is -2.70. The second-order valence-electron chi connectivity index (χ2n) is 5.80. The van der Waals surface area contributed by atoms with Crippen LogP contribution in [0.15, 0.2) is 77.7 Å². The van der Waals surface area contributed by atoms with Crippen LogP contribution in [0.3, 0.4) is 0 Å². The number of anilines is 1. The first-order valence-electron chi connectivity index (χ1n) is 8.33. The predicted molar refractivity (Wildman–Crippen MR) is 111 cm³/mol. The predicted octanol–water partition coefficient (Wildman–Crippen LogP) is 5.83. The number of aromatic nitrogens is 1. The van der Waals surface area contributed by atoms with E-state index >= 15 is 0 Å². The summed E-state index contributed by atoms with van der Waals surface area (Å²) in [6.07, 6.45) is 0. The van der Waals surface area contributed by atoms with Crippen LogP contribution >= 0.6 is 23.1 Å². The molecule has 4 aromatic rings. The molecule has 6 heteroatoms. The molecule has 0 aliphatic rings. The number of benzene rings is 3. The number of carbonyl (C=O) groups excluding carboxylic acids is 1. The van der Waals surface area contributed by atoms with Gasteiger partial charge in [-0.2, -0.15) is 0 Å². The summed E-state index contributed by atoms with van der Waals surface area (Å²) in [5, 5.41) is 3.78. The number of thioether (sulfide) groups is 1. The summed E-state index contributed by atoms with van der Waals surface area (Å²) in [4.78, 5) is 17.5.